The maximum Gasteiger partial charge on any atom is 0.137 e. The van der Waals surface area contributed by atoms with Crippen LogP contribution in [0.1, 0.15) is 30.4 Å². The van der Waals surface area contributed by atoms with Crippen molar-refractivity contribution in [2.45, 2.75) is 32.1 Å². The van der Waals surface area contributed by atoms with Crippen molar-refractivity contribution in [3.05, 3.63) is 71.5 Å². The summed E-state index contributed by atoms with van der Waals surface area (Å²) in [5, 5.41) is 0. The number of Topliss-reactive ketones (excluding diaryl/α,β-unsaturated/α-hetero) is 1. The van der Waals surface area contributed by atoms with Gasteiger partial charge < -0.3 is 4.90 Å². The standard InChI is InChI=1S/C22H26FNO/c23-22-9-5-4-8-20(22)17-21(25)16-19-11-14-24(15-12-19)13-10-18-6-2-1-3-7-18/h1-9,19H,10-17H2. The van der Waals surface area contributed by atoms with Crippen LogP contribution in [0.3, 0.4) is 0 Å². The van der Waals surface area contributed by atoms with E-state index in [4.69, 9.17) is 0 Å². The summed E-state index contributed by atoms with van der Waals surface area (Å²) in [6.07, 6.45) is 4.02. The molecule has 0 bridgehead atoms. The maximum absolute atomic E-state index is 13.6. The highest BCUT2D eigenvalue weighted by atomic mass is 19.1. The van der Waals surface area contributed by atoms with Crippen LogP contribution in [0.25, 0.3) is 0 Å². The van der Waals surface area contributed by atoms with Crippen molar-refractivity contribution in [3.63, 3.8) is 0 Å². The Bertz CT molecular complexity index is 677. The lowest BCUT2D eigenvalue weighted by molar-refractivity contribution is -0.119. The van der Waals surface area contributed by atoms with Gasteiger partial charge in [0.15, 0.2) is 0 Å². The number of rotatable bonds is 7. The van der Waals surface area contributed by atoms with Crippen LogP contribution >= 0.6 is 0 Å². The summed E-state index contributed by atoms with van der Waals surface area (Å²) in [6.45, 7) is 3.20. The summed E-state index contributed by atoms with van der Waals surface area (Å²) in [5.41, 5.74) is 1.90. The molecule has 2 aromatic carbocycles. The van der Waals surface area contributed by atoms with Crippen molar-refractivity contribution in [3.8, 4) is 0 Å². The van der Waals surface area contributed by atoms with Gasteiger partial charge in [0.2, 0.25) is 0 Å². The Morgan fingerprint density at radius 3 is 2.40 bits per heavy atom. The number of hydrogen-bond acceptors (Lipinski definition) is 2. The molecule has 1 fully saturated rings. The third-order valence-electron chi connectivity index (χ3n) is 5.13. The highest BCUT2D eigenvalue weighted by Crippen LogP contribution is 2.22. The number of benzene rings is 2. The highest BCUT2D eigenvalue weighted by molar-refractivity contribution is 5.81. The predicted octanol–water partition coefficient (Wildman–Crippen LogP) is 4.28. The average Bonchev–Trinajstić information content (AvgIpc) is 2.64. The molecule has 132 valence electrons. The van der Waals surface area contributed by atoms with Gasteiger partial charge >= 0.3 is 0 Å². The maximum atomic E-state index is 13.6. The van der Waals surface area contributed by atoms with E-state index < -0.39 is 0 Å². The Morgan fingerprint density at radius 1 is 1.00 bits per heavy atom. The lowest BCUT2D eigenvalue weighted by atomic mass is 9.90. The van der Waals surface area contributed by atoms with E-state index in [0.29, 0.717) is 17.9 Å². The second-order valence-electron chi connectivity index (χ2n) is 7.03. The van der Waals surface area contributed by atoms with E-state index >= 15 is 0 Å². The number of piperidine rings is 1. The number of likely N-dealkylation sites (tertiary alicyclic amines) is 1. The SMILES string of the molecule is O=C(Cc1ccccc1F)CC1CCN(CCc2ccccc2)CC1. The van der Waals surface area contributed by atoms with Crippen LogP contribution in [-0.2, 0) is 17.6 Å². The fraction of sp³-hybridized carbons (Fsp3) is 0.409. The topological polar surface area (TPSA) is 20.3 Å². The molecular formula is C22H26FNO. The van der Waals surface area contributed by atoms with Gasteiger partial charge in [-0.05, 0) is 55.5 Å². The first kappa shape index (κ1) is 17.8. The molecule has 25 heavy (non-hydrogen) atoms. The Balaban J connectivity index is 1.39. The van der Waals surface area contributed by atoms with Gasteiger partial charge in [0, 0.05) is 19.4 Å². The second kappa shape index (κ2) is 8.91. The molecule has 0 radical (unpaired) electrons. The third-order valence-corrected chi connectivity index (χ3v) is 5.13. The van der Waals surface area contributed by atoms with Gasteiger partial charge in [0.25, 0.3) is 0 Å². The molecule has 1 aliphatic rings. The average molecular weight is 339 g/mol. The fourth-order valence-corrected chi connectivity index (χ4v) is 3.59. The van der Waals surface area contributed by atoms with Crippen LogP contribution in [-0.4, -0.2) is 30.3 Å². The van der Waals surface area contributed by atoms with E-state index in [2.05, 4.69) is 29.2 Å². The molecule has 0 amide bonds. The number of nitrogens with zero attached hydrogens (tertiary/aromatic N) is 1. The number of halogens is 1. The monoisotopic (exact) mass is 339 g/mol. The van der Waals surface area contributed by atoms with E-state index in [1.807, 2.05) is 6.07 Å². The summed E-state index contributed by atoms with van der Waals surface area (Å²) in [4.78, 5) is 14.7. The van der Waals surface area contributed by atoms with Crippen LogP contribution in [0.2, 0.25) is 0 Å². The minimum atomic E-state index is -0.272. The molecule has 0 aromatic heterocycles. The molecular weight excluding hydrogens is 313 g/mol. The second-order valence-corrected chi connectivity index (χ2v) is 7.03. The van der Waals surface area contributed by atoms with Gasteiger partial charge in [0.05, 0.1) is 0 Å². The van der Waals surface area contributed by atoms with E-state index in [1.54, 1.807) is 18.2 Å². The largest absolute Gasteiger partial charge is 0.303 e. The van der Waals surface area contributed by atoms with Gasteiger partial charge in [-0.2, -0.15) is 0 Å². The Labute approximate surface area is 149 Å². The number of carbonyl (C=O) groups excluding carboxylic acids is 1. The van der Waals surface area contributed by atoms with Crippen molar-refractivity contribution >= 4 is 5.78 Å². The third kappa shape index (κ3) is 5.50. The zero-order valence-electron chi connectivity index (χ0n) is 14.7. The van der Waals surface area contributed by atoms with Gasteiger partial charge in [-0.15, -0.1) is 0 Å². The van der Waals surface area contributed by atoms with Gasteiger partial charge in [0.1, 0.15) is 11.6 Å². The van der Waals surface area contributed by atoms with E-state index in [0.717, 1.165) is 38.9 Å². The molecule has 1 saturated heterocycles. The predicted molar refractivity (Wildman–Crippen MR) is 99.0 cm³/mol. The summed E-state index contributed by atoms with van der Waals surface area (Å²) >= 11 is 0. The van der Waals surface area contributed by atoms with Crippen LogP contribution < -0.4 is 0 Å². The van der Waals surface area contributed by atoms with E-state index in [1.165, 1.54) is 11.6 Å². The van der Waals surface area contributed by atoms with E-state index in [9.17, 15) is 9.18 Å². The Kier molecular flexibility index (Phi) is 6.35. The Hall–Kier alpha value is -2.00. The molecule has 0 aliphatic carbocycles. The van der Waals surface area contributed by atoms with E-state index in [-0.39, 0.29) is 18.0 Å². The normalized spacial score (nSPS) is 16.0. The minimum absolute atomic E-state index is 0.160. The molecule has 0 spiro atoms. The van der Waals surface area contributed by atoms with Crippen LogP contribution in [0.15, 0.2) is 54.6 Å². The quantitative estimate of drug-likeness (QED) is 0.750. The van der Waals surface area contributed by atoms with Crippen molar-refractivity contribution in [2.24, 2.45) is 5.92 Å². The Morgan fingerprint density at radius 2 is 1.68 bits per heavy atom. The molecule has 0 atom stereocenters. The molecule has 2 nitrogen and oxygen atoms in total. The van der Waals surface area contributed by atoms with Gasteiger partial charge in [-0.25, -0.2) is 4.39 Å². The highest BCUT2D eigenvalue weighted by Gasteiger charge is 2.21. The summed E-state index contributed by atoms with van der Waals surface area (Å²) in [5.74, 6) is 0.340. The van der Waals surface area contributed by atoms with Crippen molar-refractivity contribution in [2.75, 3.05) is 19.6 Å². The van der Waals surface area contributed by atoms with Crippen LogP contribution in [0.4, 0.5) is 4.39 Å². The van der Waals surface area contributed by atoms with Crippen LogP contribution in [0, 0.1) is 11.7 Å². The summed E-state index contributed by atoms with van der Waals surface area (Å²) < 4.78 is 13.6. The minimum Gasteiger partial charge on any atom is -0.303 e. The molecule has 0 N–H and O–H groups in total. The smallest absolute Gasteiger partial charge is 0.137 e. The summed E-state index contributed by atoms with van der Waals surface area (Å²) in [6, 6.07) is 17.2. The molecule has 0 unspecified atom stereocenters. The molecule has 0 saturated carbocycles. The molecule has 1 aliphatic heterocycles. The molecule has 2 aromatic rings. The first-order valence-electron chi connectivity index (χ1n) is 9.22. The first-order valence-corrected chi connectivity index (χ1v) is 9.22. The lowest BCUT2D eigenvalue weighted by Gasteiger charge is -2.31. The molecule has 3 rings (SSSR count). The zero-order valence-corrected chi connectivity index (χ0v) is 14.7. The summed E-state index contributed by atoms with van der Waals surface area (Å²) in [7, 11) is 0. The molecule has 3 heteroatoms. The van der Waals surface area contributed by atoms with Crippen molar-refractivity contribution in [1.82, 2.24) is 4.90 Å². The van der Waals surface area contributed by atoms with Crippen molar-refractivity contribution < 1.29 is 9.18 Å². The first-order chi connectivity index (χ1) is 12.2. The molecule has 1 heterocycles. The lowest BCUT2D eigenvalue weighted by Crippen LogP contribution is -2.35. The van der Waals surface area contributed by atoms with Crippen LogP contribution in [0.5, 0.6) is 0 Å². The fourth-order valence-electron chi connectivity index (χ4n) is 3.59. The number of carbonyl (C=O) groups is 1. The number of ketones is 1. The number of hydrogen-bond donors (Lipinski definition) is 0. The van der Waals surface area contributed by atoms with Crippen molar-refractivity contribution in [1.29, 1.82) is 0 Å². The zero-order chi connectivity index (χ0) is 17.5. The van der Waals surface area contributed by atoms with Gasteiger partial charge in [-0.3, -0.25) is 4.79 Å². The van der Waals surface area contributed by atoms with Gasteiger partial charge in [-0.1, -0.05) is 48.5 Å².